The Kier molecular flexibility index (Phi) is 3.96. The molecule has 0 bridgehead atoms. The first-order valence-electron chi connectivity index (χ1n) is 6.25. The Morgan fingerprint density at radius 2 is 2.15 bits per heavy atom. The molecule has 8 heteroatoms. The predicted octanol–water partition coefficient (Wildman–Crippen LogP) is 0.999. The lowest BCUT2D eigenvalue weighted by atomic mass is 9.87. The fourth-order valence-corrected chi connectivity index (χ4v) is 3.07. The summed E-state index contributed by atoms with van der Waals surface area (Å²) in [4.78, 5) is 10.3. The van der Waals surface area contributed by atoms with E-state index in [0.717, 1.165) is 0 Å². The van der Waals surface area contributed by atoms with Gasteiger partial charge in [0.15, 0.2) is 5.03 Å². The van der Waals surface area contributed by atoms with Crippen LogP contribution < -0.4 is 4.72 Å². The van der Waals surface area contributed by atoms with Gasteiger partial charge < -0.3 is 9.55 Å². The maximum Gasteiger partial charge on any atom is 0.257 e. The van der Waals surface area contributed by atoms with E-state index in [-0.39, 0.29) is 16.5 Å². The molecule has 0 fully saturated rings. The summed E-state index contributed by atoms with van der Waals surface area (Å²) in [5, 5.41) is 0.0670. The van der Waals surface area contributed by atoms with Gasteiger partial charge in [-0.2, -0.15) is 0 Å². The summed E-state index contributed by atoms with van der Waals surface area (Å²) in [5.74, 6) is 0. The molecule has 0 spiro atoms. The minimum atomic E-state index is -3.60. The van der Waals surface area contributed by atoms with Gasteiger partial charge in [-0.3, -0.25) is 0 Å². The number of imidazole rings is 2. The van der Waals surface area contributed by atoms with Crippen LogP contribution in [0.15, 0.2) is 36.3 Å². The van der Waals surface area contributed by atoms with Crippen molar-refractivity contribution < 1.29 is 8.42 Å². The molecule has 0 aliphatic carbocycles. The van der Waals surface area contributed by atoms with Crippen LogP contribution in [0.1, 0.15) is 20.8 Å². The second-order valence-corrected chi connectivity index (χ2v) is 7.40. The monoisotopic (exact) mass is 297 g/mol. The first-order valence-corrected chi connectivity index (χ1v) is 7.74. The van der Waals surface area contributed by atoms with Crippen molar-refractivity contribution in [2.24, 2.45) is 5.41 Å². The van der Waals surface area contributed by atoms with Crippen LogP contribution in [0.2, 0.25) is 0 Å². The average Bonchev–Trinajstić information content (AvgIpc) is 2.99. The van der Waals surface area contributed by atoms with Crippen molar-refractivity contribution in [1.29, 1.82) is 0 Å². The third kappa shape index (κ3) is 3.45. The molecule has 0 saturated heterocycles. The van der Waals surface area contributed by atoms with Gasteiger partial charge in [0.25, 0.3) is 10.0 Å². The summed E-state index contributed by atoms with van der Waals surface area (Å²) >= 11 is 0. The van der Waals surface area contributed by atoms with Crippen molar-refractivity contribution in [3.63, 3.8) is 0 Å². The average molecular weight is 297 g/mol. The summed E-state index contributed by atoms with van der Waals surface area (Å²) in [6.45, 7) is 6.48. The highest BCUT2D eigenvalue weighted by molar-refractivity contribution is 7.89. The third-order valence-electron chi connectivity index (χ3n) is 3.06. The molecule has 0 amide bonds. The van der Waals surface area contributed by atoms with Crippen LogP contribution in [0.3, 0.4) is 0 Å². The van der Waals surface area contributed by atoms with Gasteiger partial charge in [0, 0.05) is 25.0 Å². The molecule has 2 heterocycles. The smallest absolute Gasteiger partial charge is 0.257 e. The SMILES string of the molecule is CC(C)(C)C(Cn1ccnc1)NS(=O)(=O)c1cnc[nH]1. The molecule has 0 aliphatic heterocycles. The van der Waals surface area contributed by atoms with Gasteiger partial charge in [-0.25, -0.2) is 23.1 Å². The van der Waals surface area contributed by atoms with Crippen molar-refractivity contribution in [3.05, 3.63) is 31.2 Å². The Bertz CT molecular complexity index is 626. The summed E-state index contributed by atoms with van der Waals surface area (Å²) in [6, 6.07) is -0.273. The second kappa shape index (κ2) is 5.37. The molecule has 0 radical (unpaired) electrons. The van der Waals surface area contributed by atoms with Gasteiger partial charge in [0.05, 0.1) is 18.9 Å². The Balaban J connectivity index is 2.21. The highest BCUT2D eigenvalue weighted by Gasteiger charge is 2.30. The maximum atomic E-state index is 12.3. The minimum absolute atomic E-state index is 0.0670. The topological polar surface area (TPSA) is 92.7 Å². The van der Waals surface area contributed by atoms with E-state index >= 15 is 0 Å². The van der Waals surface area contributed by atoms with Gasteiger partial charge >= 0.3 is 0 Å². The maximum absolute atomic E-state index is 12.3. The summed E-state index contributed by atoms with van der Waals surface area (Å²) < 4.78 is 29.1. The molecule has 0 aliphatic rings. The lowest BCUT2D eigenvalue weighted by Gasteiger charge is -2.31. The summed E-state index contributed by atoms with van der Waals surface area (Å²) in [6.07, 6.45) is 7.78. The highest BCUT2D eigenvalue weighted by atomic mass is 32.2. The first kappa shape index (κ1) is 14.7. The van der Waals surface area contributed by atoms with Crippen LogP contribution in [0.4, 0.5) is 0 Å². The lowest BCUT2D eigenvalue weighted by Crippen LogP contribution is -2.46. The first-order chi connectivity index (χ1) is 9.29. The number of nitrogens with zero attached hydrogens (tertiary/aromatic N) is 3. The van der Waals surface area contributed by atoms with Gasteiger partial charge in [0.1, 0.15) is 0 Å². The molecule has 2 N–H and O–H groups in total. The Hall–Kier alpha value is -1.67. The molecule has 20 heavy (non-hydrogen) atoms. The highest BCUT2D eigenvalue weighted by Crippen LogP contribution is 2.22. The largest absolute Gasteiger partial charge is 0.336 e. The number of aromatic amines is 1. The van der Waals surface area contributed by atoms with Gasteiger partial charge in [-0.15, -0.1) is 0 Å². The molecule has 2 aromatic rings. The number of nitrogens with one attached hydrogen (secondary N) is 2. The number of rotatable bonds is 5. The number of hydrogen-bond acceptors (Lipinski definition) is 4. The van der Waals surface area contributed by atoms with E-state index in [9.17, 15) is 8.42 Å². The van der Waals surface area contributed by atoms with Crippen molar-refractivity contribution in [2.75, 3.05) is 0 Å². The van der Waals surface area contributed by atoms with Crippen molar-refractivity contribution in [1.82, 2.24) is 24.2 Å². The summed E-state index contributed by atoms with van der Waals surface area (Å²) in [7, 11) is -3.60. The molecule has 2 rings (SSSR count). The van der Waals surface area contributed by atoms with E-state index in [0.29, 0.717) is 6.54 Å². The zero-order valence-electron chi connectivity index (χ0n) is 11.7. The fourth-order valence-electron chi connectivity index (χ4n) is 1.73. The van der Waals surface area contributed by atoms with Gasteiger partial charge in [-0.05, 0) is 5.41 Å². The summed E-state index contributed by atoms with van der Waals surface area (Å²) in [5.41, 5.74) is -0.239. The van der Waals surface area contributed by atoms with Crippen molar-refractivity contribution in [2.45, 2.75) is 38.4 Å². The van der Waals surface area contributed by atoms with Crippen molar-refractivity contribution >= 4 is 10.0 Å². The molecular formula is C12H19N5O2S. The quantitative estimate of drug-likeness (QED) is 0.861. The molecule has 1 atom stereocenters. The van der Waals surface area contributed by atoms with E-state index in [2.05, 4.69) is 19.7 Å². The van der Waals surface area contributed by atoms with Crippen LogP contribution in [0.5, 0.6) is 0 Å². The normalized spacial score (nSPS) is 14.3. The standard InChI is InChI=1S/C12H19N5O2S/c1-12(2,3)10(7-17-5-4-13-9-17)16-20(18,19)11-6-14-8-15-11/h4-6,8-10,16H,7H2,1-3H3,(H,14,15). The molecule has 110 valence electrons. The molecule has 1 unspecified atom stereocenters. The van der Waals surface area contributed by atoms with Crippen LogP contribution in [-0.2, 0) is 16.6 Å². The molecule has 2 aromatic heterocycles. The third-order valence-corrected chi connectivity index (χ3v) is 4.46. The number of sulfonamides is 1. The second-order valence-electron chi connectivity index (χ2n) is 5.72. The molecule has 7 nitrogen and oxygen atoms in total. The van der Waals surface area contributed by atoms with E-state index in [1.54, 1.807) is 12.5 Å². The Morgan fingerprint density at radius 3 is 2.65 bits per heavy atom. The molecular weight excluding hydrogens is 278 g/mol. The van der Waals surface area contributed by atoms with E-state index in [1.165, 1.54) is 12.5 Å². The molecule has 0 saturated carbocycles. The van der Waals surface area contributed by atoms with Crippen LogP contribution in [0.25, 0.3) is 0 Å². The predicted molar refractivity (Wildman–Crippen MR) is 74.4 cm³/mol. The van der Waals surface area contributed by atoms with E-state index in [4.69, 9.17) is 0 Å². The zero-order chi connectivity index (χ0) is 14.8. The van der Waals surface area contributed by atoms with Gasteiger partial charge in [0.2, 0.25) is 0 Å². The Morgan fingerprint density at radius 1 is 1.40 bits per heavy atom. The Labute approximate surface area is 118 Å². The number of aromatic nitrogens is 4. The van der Waals surface area contributed by atoms with Crippen LogP contribution in [-0.4, -0.2) is 34.0 Å². The van der Waals surface area contributed by atoms with E-state index < -0.39 is 10.0 Å². The van der Waals surface area contributed by atoms with Crippen LogP contribution in [0, 0.1) is 5.41 Å². The lowest BCUT2D eigenvalue weighted by molar-refractivity contribution is 0.270. The minimum Gasteiger partial charge on any atom is -0.336 e. The van der Waals surface area contributed by atoms with Gasteiger partial charge in [-0.1, -0.05) is 20.8 Å². The zero-order valence-corrected chi connectivity index (χ0v) is 12.6. The van der Waals surface area contributed by atoms with Crippen LogP contribution >= 0.6 is 0 Å². The number of H-pyrrole nitrogens is 1. The number of hydrogen-bond donors (Lipinski definition) is 2. The fraction of sp³-hybridized carbons (Fsp3) is 0.500. The molecule has 0 aromatic carbocycles. The van der Waals surface area contributed by atoms with Crippen molar-refractivity contribution in [3.8, 4) is 0 Å². The van der Waals surface area contributed by atoms with E-state index in [1.807, 2.05) is 31.5 Å².